The van der Waals surface area contributed by atoms with E-state index < -0.39 is 0 Å². The number of nitrogens with two attached hydrogens (primary N) is 1. The fraction of sp³-hybridized carbons (Fsp3) is 0.500. The molecule has 0 unspecified atom stereocenters. The number of amides is 1. The average molecular weight is 199 g/mol. The molecular formula is C8H13N3OS. The zero-order valence-corrected chi connectivity index (χ0v) is 8.36. The van der Waals surface area contributed by atoms with Crippen molar-refractivity contribution in [2.45, 2.75) is 13.3 Å². The summed E-state index contributed by atoms with van der Waals surface area (Å²) in [5.41, 5.74) is 5.29. The molecule has 0 atom stereocenters. The van der Waals surface area contributed by atoms with Gasteiger partial charge in [-0.25, -0.2) is 4.98 Å². The van der Waals surface area contributed by atoms with Crippen molar-refractivity contribution in [3.63, 3.8) is 0 Å². The van der Waals surface area contributed by atoms with Gasteiger partial charge in [0.25, 0.3) is 5.91 Å². The Balaban J connectivity index is 2.40. The van der Waals surface area contributed by atoms with E-state index >= 15 is 0 Å². The Kier molecular flexibility index (Phi) is 3.85. The maximum absolute atomic E-state index is 11.3. The van der Waals surface area contributed by atoms with Crippen LogP contribution in [0.3, 0.4) is 0 Å². The van der Waals surface area contributed by atoms with Gasteiger partial charge in [0, 0.05) is 17.6 Å². The Morgan fingerprint density at radius 1 is 1.77 bits per heavy atom. The van der Waals surface area contributed by atoms with E-state index in [2.05, 4.69) is 10.3 Å². The van der Waals surface area contributed by atoms with Crippen molar-refractivity contribution in [3.8, 4) is 0 Å². The number of aryl methyl sites for hydroxylation is 1. The minimum Gasteiger partial charge on any atom is -0.350 e. The normalized spacial score (nSPS) is 10.0. The molecule has 0 aliphatic carbocycles. The third-order valence-electron chi connectivity index (χ3n) is 1.48. The zero-order chi connectivity index (χ0) is 9.68. The monoisotopic (exact) mass is 199 g/mol. The molecule has 0 aliphatic heterocycles. The topological polar surface area (TPSA) is 68.0 Å². The van der Waals surface area contributed by atoms with E-state index in [0.29, 0.717) is 18.1 Å². The Morgan fingerprint density at radius 3 is 3.08 bits per heavy atom. The summed E-state index contributed by atoms with van der Waals surface area (Å²) in [5, 5.41) is 3.26. The first-order valence-electron chi connectivity index (χ1n) is 4.14. The van der Waals surface area contributed by atoms with E-state index in [-0.39, 0.29) is 5.91 Å². The molecule has 13 heavy (non-hydrogen) atoms. The minimum atomic E-state index is -0.105. The number of hydrogen-bond acceptors (Lipinski definition) is 4. The third-order valence-corrected chi connectivity index (χ3v) is 2.39. The number of hydrogen-bond donors (Lipinski definition) is 2. The molecule has 3 N–H and O–H groups in total. The average Bonchev–Trinajstić information content (AvgIpc) is 2.52. The molecule has 0 bridgehead atoms. The second kappa shape index (κ2) is 4.94. The van der Waals surface area contributed by atoms with E-state index in [9.17, 15) is 4.79 Å². The summed E-state index contributed by atoms with van der Waals surface area (Å²) in [6.07, 6.45) is 2.50. The first-order chi connectivity index (χ1) is 6.24. The van der Waals surface area contributed by atoms with Crippen LogP contribution in [0.15, 0.2) is 6.20 Å². The second-order valence-electron chi connectivity index (χ2n) is 2.67. The summed E-state index contributed by atoms with van der Waals surface area (Å²) in [6.45, 7) is 3.14. The highest BCUT2D eigenvalue weighted by atomic mass is 32.1. The minimum absolute atomic E-state index is 0.105. The molecule has 0 fully saturated rings. The molecule has 1 aromatic heterocycles. The summed E-state index contributed by atoms with van der Waals surface area (Å²) in [4.78, 5) is 16.3. The van der Waals surface area contributed by atoms with Crippen LogP contribution in [-0.2, 0) is 0 Å². The molecule has 0 aromatic carbocycles. The number of carbonyl (C=O) groups is 1. The van der Waals surface area contributed by atoms with Crippen LogP contribution in [0.5, 0.6) is 0 Å². The maximum atomic E-state index is 11.3. The van der Waals surface area contributed by atoms with Crippen molar-refractivity contribution >= 4 is 17.2 Å². The lowest BCUT2D eigenvalue weighted by atomic mass is 10.4. The highest BCUT2D eigenvalue weighted by Gasteiger charge is 2.07. The summed E-state index contributed by atoms with van der Waals surface area (Å²) >= 11 is 1.40. The zero-order valence-electron chi connectivity index (χ0n) is 7.54. The number of nitrogens with zero attached hydrogens (tertiary/aromatic N) is 1. The summed E-state index contributed by atoms with van der Waals surface area (Å²) in [6, 6.07) is 0. The standard InChI is InChI=1S/C8H13N3OS/c1-6-5-11-8(13-6)7(12)10-4-2-3-9/h5H,2-4,9H2,1H3,(H,10,12). The van der Waals surface area contributed by atoms with Gasteiger partial charge in [-0.1, -0.05) is 0 Å². The Morgan fingerprint density at radius 2 is 2.54 bits per heavy atom. The third kappa shape index (κ3) is 3.12. The Bertz CT molecular complexity index is 285. The van der Waals surface area contributed by atoms with Gasteiger partial charge in [-0.15, -0.1) is 11.3 Å². The summed E-state index contributed by atoms with van der Waals surface area (Å²) in [5.74, 6) is -0.105. The first kappa shape index (κ1) is 10.1. The molecule has 0 radical (unpaired) electrons. The van der Waals surface area contributed by atoms with Gasteiger partial charge in [-0.3, -0.25) is 4.79 Å². The smallest absolute Gasteiger partial charge is 0.280 e. The van der Waals surface area contributed by atoms with Crippen molar-refractivity contribution < 1.29 is 4.79 Å². The van der Waals surface area contributed by atoms with E-state index in [1.165, 1.54) is 11.3 Å². The van der Waals surface area contributed by atoms with Gasteiger partial charge in [-0.05, 0) is 19.9 Å². The molecule has 1 aromatic rings. The van der Waals surface area contributed by atoms with E-state index in [1.807, 2.05) is 6.92 Å². The molecule has 5 heteroatoms. The van der Waals surface area contributed by atoms with Crippen LogP contribution in [-0.4, -0.2) is 24.0 Å². The first-order valence-corrected chi connectivity index (χ1v) is 4.96. The lowest BCUT2D eigenvalue weighted by Crippen LogP contribution is -2.25. The SMILES string of the molecule is Cc1cnc(C(=O)NCCCN)s1. The van der Waals surface area contributed by atoms with Crippen LogP contribution in [0, 0.1) is 6.92 Å². The van der Waals surface area contributed by atoms with E-state index in [4.69, 9.17) is 5.73 Å². The Hall–Kier alpha value is -0.940. The van der Waals surface area contributed by atoms with Crippen LogP contribution in [0.4, 0.5) is 0 Å². The molecule has 1 heterocycles. The highest BCUT2D eigenvalue weighted by Crippen LogP contribution is 2.10. The molecule has 0 spiro atoms. The van der Waals surface area contributed by atoms with Gasteiger partial charge >= 0.3 is 0 Å². The molecule has 4 nitrogen and oxygen atoms in total. The number of aromatic nitrogens is 1. The summed E-state index contributed by atoms with van der Waals surface area (Å²) < 4.78 is 0. The van der Waals surface area contributed by atoms with Crippen LogP contribution in [0.25, 0.3) is 0 Å². The largest absolute Gasteiger partial charge is 0.350 e. The number of carbonyl (C=O) groups excluding carboxylic acids is 1. The number of rotatable bonds is 4. The molecular weight excluding hydrogens is 186 g/mol. The van der Waals surface area contributed by atoms with Gasteiger partial charge in [0.05, 0.1) is 0 Å². The van der Waals surface area contributed by atoms with Crippen molar-refractivity contribution in [1.82, 2.24) is 10.3 Å². The Labute approximate surface area is 81.2 Å². The van der Waals surface area contributed by atoms with Crippen LogP contribution >= 0.6 is 11.3 Å². The summed E-state index contributed by atoms with van der Waals surface area (Å²) in [7, 11) is 0. The molecule has 0 saturated heterocycles. The van der Waals surface area contributed by atoms with Crippen molar-refractivity contribution in [3.05, 3.63) is 16.1 Å². The van der Waals surface area contributed by atoms with E-state index in [0.717, 1.165) is 11.3 Å². The molecule has 0 aliphatic rings. The fourth-order valence-corrected chi connectivity index (χ4v) is 1.52. The molecule has 1 rings (SSSR count). The van der Waals surface area contributed by atoms with Crippen molar-refractivity contribution in [2.75, 3.05) is 13.1 Å². The van der Waals surface area contributed by atoms with E-state index in [1.54, 1.807) is 6.20 Å². The predicted molar refractivity (Wildman–Crippen MR) is 52.9 cm³/mol. The lowest BCUT2D eigenvalue weighted by Gasteiger charge is -1.99. The number of nitrogens with one attached hydrogen (secondary N) is 1. The van der Waals surface area contributed by atoms with Crippen LogP contribution in [0.1, 0.15) is 21.1 Å². The fourth-order valence-electron chi connectivity index (χ4n) is 0.839. The quantitative estimate of drug-likeness (QED) is 0.695. The van der Waals surface area contributed by atoms with Crippen molar-refractivity contribution in [2.24, 2.45) is 5.73 Å². The molecule has 72 valence electrons. The predicted octanol–water partition coefficient (Wildman–Crippen LogP) is 0.530. The second-order valence-corrected chi connectivity index (χ2v) is 3.91. The van der Waals surface area contributed by atoms with Gasteiger partial charge in [0.2, 0.25) is 0 Å². The molecule has 1 amide bonds. The van der Waals surface area contributed by atoms with Gasteiger partial charge < -0.3 is 11.1 Å². The van der Waals surface area contributed by atoms with Crippen molar-refractivity contribution in [1.29, 1.82) is 0 Å². The van der Waals surface area contributed by atoms with Gasteiger partial charge in [0.15, 0.2) is 5.01 Å². The molecule has 0 saturated carbocycles. The lowest BCUT2D eigenvalue weighted by molar-refractivity contribution is 0.0953. The van der Waals surface area contributed by atoms with Crippen LogP contribution < -0.4 is 11.1 Å². The van der Waals surface area contributed by atoms with Gasteiger partial charge in [0.1, 0.15) is 0 Å². The van der Waals surface area contributed by atoms with Gasteiger partial charge in [-0.2, -0.15) is 0 Å². The highest BCUT2D eigenvalue weighted by molar-refractivity contribution is 7.13. The van der Waals surface area contributed by atoms with Crippen LogP contribution in [0.2, 0.25) is 0 Å². The number of thiazole rings is 1. The maximum Gasteiger partial charge on any atom is 0.280 e.